The molecule has 1 saturated heterocycles. The van der Waals surface area contributed by atoms with E-state index in [1.807, 2.05) is 19.1 Å². The molecule has 0 saturated carbocycles. The molecule has 0 N–H and O–H groups in total. The Balaban J connectivity index is 1.79. The van der Waals surface area contributed by atoms with Crippen LogP contribution in [0.5, 0.6) is 5.75 Å². The summed E-state index contributed by atoms with van der Waals surface area (Å²) in [6, 6.07) is 10.7. The maximum absolute atomic E-state index is 12.3. The van der Waals surface area contributed by atoms with Crippen molar-refractivity contribution in [3.8, 4) is 5.75 Å². The highest BCUT2D eigenvalue weighted by Gasteiger charge is 2.30. The Kier molecular flexibility index (Phi) is 6.71. The van der Waals surface area contributed by atoms with Crippen molar-refractivity contribution < 1.29 is 9.53 Å². The Morgan fingerprint density at radius 2 is 1.78 bits per heavy atom. The molecule has 0 bridgehead atoms. The highest BCUT2D eigenvalue weighted by Crippen LogP contribution is 2.37. The zero-order valence-electron chi connectivity index (χ0n) is 14.2. The largest absolute Gasteiger partial charge is 0.486 e. The van der Waals surface area contributed by atoms with Crippen molar-refractivity contribution in [1.29, 1.82) is 0 Å². The lowest BCUT2D eigenvalue weighted by Gasteiger charge is -2.11. The zero-order valence-corrected chi connectivity index (χ0v) is 18.1. The highest BCUT2D eigenvalue weighted by atomic mass is 35.5. The molecule has 27 heavy (non-hydrogen) atoms. The molecule has 0 aromatic heterocycles. The first-order valence-corrected chi connectivity index (χ1v) is 10.4. The zero-order chi connectivity index (χ0) is 19.6. The van der Waals surface area contributed by atoms with E-state index in [0.29, 0.717) is 48.8 Å². The summed E-state index contributed by atoms with van der Waals surface area (Å²) in [5.41, 5.74) is 1.65. The fourth-order valence-electron chi connectivity index (χ4n) is 2.46. The molecule has 0 spiro atoms. The molecule has 0 atom stereocenters. The second-order valence-corrected chi connectivity index (χ2v) is 8.58. The number of carbonyl (C=O) groups excluding carboxylic acids is 1. The van der Waals surface area contributed by atoms with Crippen LogP contribution in [0.3, 0.4) is 0 Å². The van der Waals surface area contributed by atoms with Crippen molar-refractivity contribution in [2.45, 2.75) is 13.5 Å². The second kappa shape index (κ2) is 8.84. The monoisotopic (exact) mass is 457 g/mol. The summed E-state index contributed by atoms with van der Waals surface area (Å²) in [7, 11) is 0. The van der Waals surface area contributed by atoms with Gasteiger partial charge in [0.2, 0.25) is 0 Å². The molecule has 1 heterocycles. The first-order chi connectivity index (χ1) is 12.9. The van der Waals surface area contributed by atoms with E-state index >= 15 is 0 Å². The number of thiocarbonyl (C=S) groups is 1. The van der Waals surface area contributed by atoms with Gasteiger partial charge in [0.1, 0.15) is 10.9 Å². The van der Waals surface area contributed by atoms with Crippen LogP contribution in [0, 0.1) is 0 Å². The van der Waals surface area contributed by atoms with Gasteiger partial charge in [0.05, 0.1) is 15.0 Å². The van der Waals surface area contributed by atoms with Gasteiger partial charge in [-0.3, -0.25) is 9.69 Å². The van der Waals surface area contributed by atoms with Gasteiger partial charge in [0.25, 0.3) is 5.91 Å². The Morgan fingerprint density at radius 3 is 2.33 bits per heavy atom. The predicted molar refractivity (Wildman–Crippen MR) is 118 cm³/mol. The van der Waals surface area contributed by atoms with Crippen LogP contribution >= 0.6 is 58.8 Å². The predicted octanol–water partition coefficient (Wildman–Crippen LogP) is 6.45. The van der Waals surface area contributed by atoms with Gasteiger partial charge < -0.3 is 4.74 Å². The van der Waals surface area contributed by atoms with Gasteiger partial charge in [-0.25, -0.2) is 0 Å². The normalized spacial score (nSPS) is 15.7. The average Bonchev–Trinajstić information content (AvgIpc) is 2.88. The lowest BCUT2D eigenvalue weighted by molar-refractivity contribution is -0.121. The van der Waals surface area contributed by atoms with Crippen LogP contribution in [0.15, 0.2) is 41.3 Å². The fourth-order valence-corrected chi connectivity index (χ4v) is 4.58. The van der Waals surface area contributed by atoms with Gasteiger partial charge in [-0.2, -0.15) is 0 Å². The number of rotatable bonds is 5. The molecule has 3 rings (SSSR count). The van der Waals surface area contributed by atoms with E-state index in [9.17, 15) is 4.79 Å². The van der Waals surface area contributed by atoms with Gasteiger partial charge in [-0.1, -0.05) is 70.9 Å². The number of amides is 1. The Bertz CT molecular complexity index is 906. The molecule has 0 aliphatic carbocycles. The summed E-state index contributed by atoms with van der Waals surface area (Å²) in [6.07, 6.45) is 1.73. The number of nitrogens with zero attached hydrogens (tertiary/aromatic N) is 1. The summed E-state index contributed by atoms with van der Waals surface area (Å²) in [6.45, 7) is 2.74. The quantitative estimate of drug-likeness (QED) is 0.380. The number of hydrogen-bond acceptors (Lipinski definition) is 4. The van der Waals surface area contributed by atoms with E-state index in [-0.39, 0.29) is 5.91 Å². The van der Waals surface area contributed by atoms with E-state index in [4.69, 9.17) is 51.8 Å². The van der Waals surface area contributed by atoms with Crippen LogP contribution in [-0.2, 0) is 11.4 Å². The maximum Gasteiger partial charge on any atom is 0.266 e. The van der Waals surface area contributed by atoms with Gasteiger partial charge in [-0.05, 0) is 48.4 Å². The third-order valence-corrected chi connectivity index (χ3v) is 6.00. The van der Waals surface area contributed by atoms with Crippen LogP contribution < -0.4 is 4.74 Å². The minimum atomic E-state index is -0.109. The summed E-state index contributed by atoms with van der Waals surface area (Å²) in [5, 5.41) is 1.40. The Morgan fingerprint density at radius 1 is 1.15 bits per heavy atom. The standard InChI is InChI=1S/C19H14Cl3NO2S2/c1-2-23-18(24)16(27-19(23)26)9-12-7-14(21)17(15(22)8-12)25-10-11-3-5-13(20)6-4-11/h3-9H,2,10H2,1H3. The first kappa shape index (κ1) is 20.5. The van der Waals surface area contributed by atoms with E-state index in [0.717, 1.165) is 5.56 Å². The molecule has 1 fully saturated rings. The minimum absolute atomic E-state index is 0.109. The van der Waals surface area contributed by atoms with Crippen molar-refractivity contribution in [2.75, 3.05) is 6.54 Å². The molecular formula is C19H14Cl3NO2S2. The van der Waals surface area contributed by atoms with E-state index in [2.05, 4.69) is 0 Å². The molecule has 1 aliphatic rings. The third-order valence-electron chi connectivity index (χ3n) is 3.80. The van der Waals surface area contributed by atoms with Crippen LogP contribution in [0.2, 0.25) is 15.1 Å². The molecule has 1 amide bonds. The van der Waals surface area contributed by atoms with Crippen LogP contribution in [0.1, 0.15) is 18.1 Å². The van der Waals surface area contributed by atoms with Crippen molar-refractivity contribution in [2.24, 2.45) is 0 Å². The number of carbonyl (C=O) groups is 1. The smallest absolute Gasteiger partial charge is 0.266 e. The lowest BCUT2D eigenvalue weighted by Crippen LogP contribution is -2.27. The minimum Gasteiger partial charge on any atom is -0.486 e. The molecule has 0 radical (unpaired) electrons. The van der Waals surface area contributed by atoms with Gasteiger partial charge in [-0.15, -0.1) is 0 Å². The Labute approximate surface area is 182 Å². The molecule has 1 aliphatic heterocycles. The number of benzene rings is 2. The molecule has 8 heteroatoms. The second-order valence-electron chi connectivity index (χ2n) is 5.65. The number of hydrogen-bond donors (Lipinski definition) is 0. The van der Waals surface area contributed by atoms with Crippen molar-refractivity contribution >= 4 is 75.1 Å². The first-order valence-electron chi connectivity index (χ1n) is 8.00. The summed E-state index contributed by atoms with van der Waals surface area (Å²) < 4.78 is 6.31. The maximum atomic E-state index is 12.3. The third kappa shape index (κ3) is 4.79. The van der Waals surface area contributed by atoms with E-state index in [1.54, 1.807) is 35.2 Å². The van der Waals surface area contributed by atoms with Gasteiger partial charge >= 0.3 is 0 Å². The van der Waals surface area contributed by atoms with Crippen molar-refractivity contribution in [3.05, 3.63) is 67.5 Å². The molecule has 2 aromatic carbocycles. The lowest BCUT2D eigenvalue weighted by atomic mass is 10.2. The molecular weight excluding hydrogens is 445 g/mol. The summed E-state index contributed by atoms with van der Waals surface area (Å²) >= 11 is 25.1. The number of likely N-dealkylation sites (N-methyl/N-ethyl adjacent to an activating group) is 1. The van der Waals surface area contributed by atoms with E-state index < -0.39 is 0 Å². The van der Waals surface area contributed by atoms with Gasteiger partial charge in [0, 0.05) is 11.6 Å². The van der Waals surface area contributed by atoms with Crippen molar-refractivity contribution in [3.63, 3.8) is 0 Å². The fraction of sp³-hybridized carbons (Fsp3) is 0.158. The topological polar surface area (TPSA) is 29.5 Å². The Hall–Kier alpha value is -1.24. The number of halogens is 3. The molecule has 2 aromatic rings. The van der Waals surface area contributed by atoms with Gasteiger partial charge in [0.15, 0.2) is 5.75 Å². The summed E-state index contributed by atoms with van der Waals surface area (Å²) in [4.78, 5) is 14.4. The summed E-state index contributed by atoms with van der Waals surface area (Å²) in [5.74, 6) is 0.286. The molecule has 3 nitrogen and oxygen atoms in total. The van der Waals surface area contributed by atoms with Crippen molar-refractivity contribution in [1.82, 2.24) is 4.90 Å². The van der Waals surface area contributed by atoms with Crippen LogP contribution in [0.25, 0.3) is 6.08 Å². The van der Waals surface area contributed by atoms with E-state index in [1.165, 1.54) is 11.8 Å². The number of thioether (sulfide) groups is 1. The van der Waals surface area contributed by atoms with Crippen LogP contribution in [0.4, 0.5) is 0 Å². The SMILES string of the molecule is CCN1C(=O)C(=Cc2cc(Cl)c(OCc3ccc(Cl)cc3)c(Cl)c2)SC1=S. The average molecular weight is 459 g/mol. The molecule has 0 unspecified atom stereocenters. The number of ether oxygens (including phenoxy) is 1. The highest BCUT2D eigenvalue weighted by molar-refractivity contribution is 8.26. The molecule has 140 valence electrons. The van der Waals surface area contributed by atoms with Crippen LogP contribution in [-0.4, -0.2) is 21.7 Å².